The van der Waals surface area contributed by atoms with Crippen molar-refractivity contribution in [3.05, 3.63) is 112 Å². The van der Waals surface area contributed by atoms with Crippen LogP contribution < -0.4 is 16.0 Å². The highest BCUT2D eigenvalue weighted by molar-refractivity contribution is 5.94. The molecule has 2 aromatic heterocycles. The Balaban J connectivity index is 1.82. The van der Waals surface area contributed by atoms with Crippen LogP contribution in [0, 0.1) is 0 Å². The molecule has 4 aromatic rings. The Morgan fingerprint density at radius 3 is 2.43 bits per heavy atom. The number of hydrogen-bond donors (Lipinski definition) is 1. The number of carbonyl (C=O) groups excluding carboxylic acids is 1. The second-order valence-electron chi connectivity index (χ2n) is 8.89. The van der Waals surface area contributed by atoms with E-state index in [0.717, 1.165) is 5.56 Å². The molecule has 0 saturated heterocycles. The molecule has 0 radical (unpaired) electrons. The maximum atomic E-state index is 13.8. The van der Waals surface area contributed by atoms with Crippen molar-refractivity contribution in [2.75, 3.05) is 19.7 Å². The maximum Gasteiger partial charge on any atom is 0.261 e. The van der Waals surface area contributed by atoms with Crippen molar-refractivity contribution in [1.29, 1.82) is 0 Å². The summed E-state index contributed by atoms with van der Waals surface area (Å²) in [4.78, 5) is 34.4. The van der Waals surface area contributed by atoms with Gasteiger partial charge in [0.15, 0.2) is 0 Å². The molecule has 0 spiro atoms. The van der Waals surface area contributed by atoms with Crippen molar-refractivity contribution in [1.82, 2.24) is 14.3 Å². The van der Waals surface area contributed by atoms with Gasteiger partial charge in [0.1, 0.15) is 11.4 Å². The zero-order chi connectivity index (χ0) is 26.2. The smallest absolute Gasteiger partial charge is 0.261 e. The second-order valence-corrected chi connectivity index (χ2v) is 8.89. The SMILES string of the molecule is CCOc1ccc(C(=O)N(CCCN)C(CC)c2nc3ccccn3c(=O)c2Cc2ccccc2)cc1. The van der Waals surface area contributed by atoms with Crippen molar-refractivity contribution in [3.63, 3.8) is 0 Å². The van der Waals surface area contributed by atoms with E-state index in [1.165, 1.54) is 0 Å². The van der Waals surface area contributed by atoms with Gasteiger partial charge in [0.05, 0.1) is 18.3 Å². The first kappa shape index (κ1) is 26.1. The van der Waals surface area contributed by atoms with E-state index in [0.29, 0.717) is 67.2 Å². The third-order valence-corrected chi connectivity index (χ3v) is 6.44. The minimum atomic E-state index is -0.387. The van der Waals surface area contributed by atoms with Gasteiger partial charge in [-0.3, -0.25) is 14.0 Å². The summed E-state index contributed by atoms with van der Waals surface area (Å²) < 4.78 is 7.12. The molecule has 7 heteroatoms. The number of pyridine rings is 1. The fourth-order valence-corrected chi connectivity index (χ4v) is 4.63. The molecule has 1 amide bonds. The molecule has 2 N–H and O–H groups in total. The Bertz CT molecular complexity index is 1380. The van der Waals surface area contributed by atoms with E-state index >= 15 is 0 Å². The first-order valence-corrected chi connectivity index (χ1v) is 12.8. The van der Waals surface area contributed by atoms with E-state index in [1.807, 2.05) is 67.3 Å². The van der Waals surface area contributed by atoms with E-state index in [1.54, 1.807) is 34.9 Å². The summed E-state index contributed by atoms with van der Waals surface area (Å²) in [6, 6.07) is 22.2. The highest BCUT2D eigenvalue weighted by Gasteiger charge is 2.29. The Kier molecular flexibility index (Phi) is 8.69. The van der Waals surface area contributed by atoms with Crippen molar-refractivity contribution < 1.29 is 9.53 Å². The molecule has 7 nitrogen and oxygen atoms in total. The monoisotopic (exact) mass is 498 g/mol. The second kappa shape index (κ2) is 12.3. The fourth-order valence-electron chi connectivity index (χ4n) is 4.63. The average Bonchev–Trinajstić information content (AvgIpc) is 2.93. The molecule has 0 aliphatic rings. The van der Waals surface area contributed by atoms with Gasteiger partial charge in [0, 0.05) is 30.3 Å². The van der Waals surface area contributed by atoms with Crippen LogP contribution in [0.1, 0.15) is 59.9 Å². The maximum absolute atomic E-state index is 13.8. The third-order valence-electron chi connectivity index (χ3n) is 6.44. The van der Waals surface area contributed by atoms with E-state index in [9.17, 15) is 9.59 Å². The number of hydrogen-bond acceptors (Lipinski definition) is 5. The predicted octanol–water partition coefficient (Wildman–Crippen LogP) is 4.63. The molecule has 0 aliphatic carbocycles. The van der Waals surface area contributed by atoms with Gasteiger partial charge in [-0.2, -0.15) is 0 Å². The highest BCUT2D eigenvalue weighted by Crippen LogP contribution is 2.28. The largest absolute Gasteiger partial charge is 0.494 e. The van der Waals surface area contributed by atoms with Gasteiger partial charge in [-0.25, -0.2) is 4.98 Å². The molecule has 2 aromatic carbocycles. The first-order valence-electron chi connectivity index (χ1n) is 12.8. The van der Waals surface area contributed by atoms with Crippen molar-refractivity contribution in [2.24, 2.45) is 5.73 Å². The lowest BCUT2D eigenvalue weighted by Crippen LogP contribution is -2.38. The third kappa shape index (κ3) is 5.89. The van der Waals surface area contributed by atoms with Crippen molar-refractivity contribution in [2.45, 2.75) is 39.2 Å². The standard InChI is InChI=1S/C30H34N4O3/c1-3-26(33(20-10-18-31)29(35)23-14-16-24(17-15-23)37-4-2)28-25(21-22-11-6-5-7-12-22)30(36)34-19-9-8-13-27(34)32-28/h5-9,11-17,19,26H,3-4,10,18,20-21,31H2,1-2H3. The number of benzene rings is 2. The zero-order valence-electron chi connectivity index (χ0n) is 21.5. The lowest BCUT2D eigenvalue weighted by atomic mass is 9.97. The zero-order valence-corrected chi connectivity index (χ0v) is 21.5. The Hall–Kier alpha value is -3.97. The average molecular weight is 499 g/mol. The van der Waals surface area contributed by atoms with Crippen LogP contribution in [0.2, 0.25) is 0 Å². The summed E-state index contributed by atoms with van der Waals surface area (Å²) in [7, 11) is 0. The molecule has 0 saturated carbocycles. The molecule has 0 aliphatic heterocycles. The minimum Gasteiger partial charge on any atom is -0.494 e. The van der Waals surface area contributed by atoms with E-state index in [2.05, 4.69) is 0 Å². The summed E-state index contributed by atoms with van der Waals surface area (Å²) in [6.07, 6.45) is 3.41. The number of nitrogens with two attached hydrogens (primary N) is 1. The molecule has 37 heavy (non-hydrogen) atoms. The van der Waals surface area contributed by atoms with Gasteiger partial charge < -0.3 is 15.4 Å². The molecule has 0 bridgehead atoms. The van der Waals surface area contributed by atoms with Crippen LogP contribution in [0.5, 0.6) is 5.75 Å². The van der Waals surface area contributed by atoms with E-state index in [4.69, 9.17) is 15.5 Å². The summed E-state index contributed by atoms with van der Waals surface area (Å²) in [6.45, 7) is 5.41. The van der Waals surface area contributed by atoms with Gasteiger partial charge in [-0.05, 0) is 68.3 Å². The Morgan fingerprint density at radius 1 is 1.03 bits per heavy atom. The number of aromatic nitrogens is 2. The normalized spacial score (nSPS) is 11.9. The lowest BCUT2D eigenvalue weighted by molar-refractivity contribution is 0.0664. The van der Waals surface area contributed by atoms with Gasteiger partial charge in [0.2, 0.25) is 0 Å². The quantitative estimate of drug-likeness (QED) is 0.326. The topological polar surface area (TPSA) is 89.9 Å². The minimum absolute atomic E-state index is 0.116. The van der Waals surface area contributed by atoms with Crippen LogP contribution in [0.25, 0.3) is 5.65 Å². The van der Waals surface area contributed by atoms with E-state index in [-0.39, 0.29) is 17.5 Å². The molecule has 4 rings (SSSR count). The highest BCUT2D eigenvalue weighted by atomic mass is 16.5. The molecule has 1 unspecified atom stereocenters. The van der Waals surface area contributed by atoms with Crippen molar-refractivity contribution in [3.8, 4) is 5.75 Å². The number of amides is 1. The van der Waals surface area contributed by atoms with Crippen LogP contribution in [-0.4, -0.2) is 39.9 Å². The van der Waals surface area contributed by atoms with Crippen LogP contribution in [0.15, 0.2) is 83.8 Å². The first-order chi connectivity index (χ1) is 18.1. The summed E-state index contributed by atoms with van der Waals surface area (Å²) >= 11 is 0. The number of fused-ring (bicyclic) bond motifs is 1. The van der Waals surface area contributed by atoms with Gasteiger partial charge in [-0.15, -0.1) is 0 Å². The number of ether oxygens (including phenoxy) is 1. The van der Waals surface area contributed by atoms with Crippen LogP contribution in [-0.2, 0) is 6.42 Å². The summed E-state index contributed by atoms with van der Waals surface area (Å²) in [5.41, 5.74) is 9.11. The Labute approximate surface area is 217 Å². The van der Waals surface area contributed by atoms with E-state index < -0.39 is 0 Å². The van der Waals surface area contributed by atoms with Crippen LogP contribution in [0.3, 0.4) is 0 Å². The Morgan fingerprint density at radius 2 is 1.76 bits per heavy atom. The number of carbonyl (C=O) groups is 1. The number of nitrogens with zero attached hydrogens (tertiary/aromatic N) is 3. The van der Waals surface area contributed by atoms with Crippen LogP contribution >= 0.6 is 0 Å². The van der Waals surface area contributed by atoms with Crippen molar-refractivity contribution >= 4 is 11.6 Å². The van der Waals surface area contributed by atoms with Gasteiger partial charge in [-0.1, -0.05) is 43.3 Å². The molecular formula is C30H34N4O3. The van der Waals surface area contributed by atoms with Crippen LogP contribution in [0.4, 0.5) is 0 Å². The predicted molar refractivity (Wildman–Crippen MR) is 146 cm³/mol. The number of rotatable bonds is 11. The molecule has 0 fully saturated rings. The molecule has 1 atom stereocenters. The molecular weight excluding hydrogens is 464 g/mol. The summed E-state index contributed by atoms with van der Waals surface area (Å²) in [5, 5.41) is 0. The van der Waals surface area contributed by atoms with Gasteiger partial charge in [0.25, 0.3) is 11.5 Å². The molecule has 2 heterocycles. The lowest BCUT2D eigenvalue weighted by Gasteiger charge is -2.32. The summed E-state index contributed by atoms with van der Waals surface area (Å²) in [5.74, 6) is 0.595. The fraction of sp³-hybridized carbons (Fsp3) is 0.300. The molecule has 192 valence electrons. The van der Waals surface area contributed by atoms with Gasteiger partial charge >= 0.3 is 0 Å².